The maximum absolute atomic E-state index is 11.9. The molecular weight excluding hydrogens is 492 g/mol. The molecule has 0 bridgehead atoms. The van der Waals surface area contributed by atoms with Gasteiger partial charge >= 0.3 is 5.97 Å². The van der Waals surface area contributed by atoms with Crippen LogP contribution in [0.2, 0.25) is 0 Å². The summed E-state index contributed by atoms with van der Waals surface area (Å²) in [4.78, 5) is 34.3. The Morgan fingerprint density at radius 2 is 1.29 bits per heavy atom. The number of rotatable bonds is 10. The van der Waals surface area contributed by atoms with E-state index in [0.29, 0.717) is 28.3 Å². The summed E-state index contributed by atoms with van der Waals surface area (Å²) in [7, 11) is 2.87. The number of anilines is 1. The van der Waals surface area contributed by atoms with Crippen molar-refractivity contribution in [1.29, 1.82) is 0 Å². The summed E-state index contributed by atoms with van der Waals surface area (Å²) in [6.45, 7) is 0. The van der Waals surface area contributed by atoms with E-state index in [0.717, 1.165) is 0 Å². The molecule has 3 aromatic rings. The Labute approximate surface area is 219 Å². The second-order valence-electron chi connectivity index (χ2n) is 7.63. The number of carboxylic acid groups (broad SMARTS) is 1. The third-order valence-corrected chi connectivity index (χ3v) is 4.99. The van der Waals surface area contributed by atoms with Gasteiger partial charge in [-0.2, -0.15) is 0 Å². The highest BCUT2D eigenvalue weighted by Crippen LogP contribution is 2.27. The molecule has 0 spiro atoms. The quantitative estimate of drug-likeness (QED) is 0.114. The van der Waals surface area contributed by atoms with Gasteiger partial charge in [0.05, 0.1) is 31.9 Å². The van der Waals surface area contributed by atoms with Gasteiger partial charge in [0.15, 0.2) is 34.6 Å². The maximum atomic E-state index is 11.9. The van der Waals surface area contributed by atoms with Crippen molar-refractivity contribution in [3.63, 3.8) is 0 Å². The van der Waals surface area contributed by atoms with Crippen LogP contribution in [0.4, 0.5) is 5.69 Å². The molecule has 6 N–H and O–H groups in total. The van der Waals surface area contributed by atoms with E-state index in [9.17, 15) is 24.6 Å². The molecule has 38 heavy (non-hydrogen) atoms. The average Bonchev–Trinajstić information content (AvgIpc) is 2.92. The molecule has 10 heteroatoms. The molecule has 0 aromatic heterocycles. The number of benzene rings is 3. The summed E-state index contributed by atoms with van der Waals surface area (Å²) in [6.07, 6.45) is 5.44. The van der Waals surface area contributed by atoms with Gasteiger partial charge in [-0.05, 0) is 59.7 Å². The van der Waals surface area contributed by atoms with Gasteiger partial charge in [-0.15, -0.1) is 0 Å². The number of carbonyl (C=O) groups excluding carboxylic acids is 2. The molecule has 0 unspecified atom stereocenters. The van der Waals surface area contributed by atoms with E-state index < -0.39 is 5.97 Å². The molecule has 0 heterocycles. The largest absolute Gasteiger partial charge is 0.504 e. The average molecular weight is 521 g/mol. The molecule has 0 aliphatic carbocycles. The number of hydrazine groups is 1. The Bertz CT molecular complexity index is 1270. The summed E-state index contributed by atoms with van der Waals surface area (Å²) in [5, 5.41) is 27.7. The van der Waals surface area contributed by atoms with Crippen molar-refractivity contribution >= 4 is 35.4 Å². The number of para-hydroxylation sites is 1. The number of nitrogen functional groups attached to an aromatic ring is 1. The minimum atomic E-state index is -0.987. The molecule has 0 aliphatic heterocycles. The number of carbonyl (C=O) groups is 3. The minimum Gasteiger partial charge on any atom is -0.504 e. The number of ketones is 2. The number of methoxy groups -OCH3 is 2. The first-order valence-corrected chi connectivity index (χ1v) is 11.1. The number of aromatic hydroxyl groups is 2. The number of nitrogens with two attached hydrogens (primary N) is 1. The number of hydrogen-bond acceptors (Lipinski definition) is 9. The number of hydrogen-bond donors (Lipinski definition) is 5. The third kappa shape index (κ3) is 8.85. The molecule has 0 amide bonds. The third-order valence-electron chi connectivity index (χ3n) is 4.99. The van der Waals surface area contributed by atoms with Crippen molar-refractivity contribution in [2.24, 2.45) is 5.84 Å². The van der Waals surface area contributed by atoms with Crippen molar-refractivity contribution in [3.8, 4) is 23.0 Å². The van der Waals surface area contributed by atoms with Crippen LogP contribution in [0.3, 0.4) is 0 Å². The zero-order valence-electron chi connectivity index (χ0n) is 20.8. The molecule has 198 valence electrons. The first-order valence-electron chi connectivity index (χ1n) is 11.1. The zero-order valence-corrected chi connectivity index (χ0v) is 20.8. The lowest BCUT2D eigenvalue weighted by molar-refractivity contribution is -0.121. The smallest absolute Gasteiger partial charge is 0.337 e. The SMILES string of the molecule is COc1cc(/C=C/C(=O)CC(=O)/C=C/c2ccc(O)c(OC)c2)ccc1O.NNc1ccccc1C(=O)O. The van der Waals surface area contributed by atoms with E-state index in [4.69, 9.17) is 20.4 Å². The summed E-state index contributed by atoms with van der Waals surface area (Å²) in [5.41, 5.74) is 4.22. The van der Waals surface area contributed by atoms with Gasteiger partial charge in [0, 0.05) is 0 Å². The van der Waals surface area contributed by atoms with Crippen LogP contribution in [0.1, 0.15) is 27.9 Å². The van der Waals surface area contributed by atoms with Gasteiger partial charge in [0.1, 0.15) is 0 Å². The van der Waals surface area contributed by atoms with Crippen LogP contribution >= 0.6 is 0 Å². The molecule has 10 nitrogen and oxygen atoms in total. The van der Waals surface area contributed by atoms with E-state index in [1.165, 1.54) is 44.6 Å². The van der Waals surface area contributed by atoms with Gasteiger partial charge in [-0.25, -0.2) is 4.79 Å². The number of carboxylic acids is 1. The molecule has 0 saturated heterocycles. The first-order chi connectivity index (χ1) is 18.2. The minimum absolute atomic E-state index is 0.00662. The van der Waals surface area contributed by atoms with E-state index in [1.54, 1.807) is 54.6 Å². The van der Waals surface area contributed by atoms with E-state index in [2.05, 4.69) is 5.43 Å². The molecule has 3 aromatic carbocycles. The van der Waals surface area contributed by atoms with Gasteiger partial charge in [-0.3, -0.25) is 15.4 Å². The van der Waals surface area contributed by atoms with Crippen molar-refractivity contribution < 1.29 is 39.2 Å². The molecule has 0 atom stereocenters. The number of phenolic OH excluding ortho intramolecular Hbond substituents is 2. The van der Waals surface area contributed by atoms with Crippen LogP contribution in [-0.2, 0) is 9.59 Å². The van der Waals surface area contributed by atoms with E-state index in [-0.39, 0.29) is 35.0 Å². The number of nitrogens with one attached hydrogen (secondary N) is 1. The molecule has 3 rings (SSSR count). The Hall–Kier alpha value is -5.09. The standard InChI is InChI=1S/C21H20O6.C7H8N2O2/c1-26-20-11-14(5-9-18(20)24)3-7-16(22)13-17(23)8-4-15-6-10-19(25)21(12-15)27-2;8-9-6-4-2-1-3-5(6)7(10)11/h3-12,24-25H,13H2,1-2H3;1-4,9H,8H2,(H,10,11)/b7-3+,8-4+;. The van der Waals surface area contributed by atoms with E-state index in [1.807, 2.05) is 0 Å². The van der Waals surface area contributed by atoms with Crippen molar-refractivity contribution in [2.45, 2.75) is 6.42 Å². The fraction of sp³-hybridized carbons (Fsp3) is 0.107. The predicted molar refractivity (Wildman–Crippen MR) is 143 cm³/mol. The molecule has 0 fully saturated rings. The fourth-order valence-electron chi connectivity index (χ4n) is 3.06. The highest BCUT2D eigenvalue weighted by atomic mass is 16.5. The van der Waals surface area contributed by atoms with Crippen LogP contribution in [0, 0.1) is 0 Å². The lowest BCUT2D eigenvalue weighted by Gasteiger charge is -2.03. The summed E-state index contributed by atoms with van der Waals surface area (Å²) < 4.78 is 10.00. The second-order valence-corrected chi connectivity index (χ2v) is 7.63. The number of phenols is 2. The first kappa shape index (κ1) is 29.1. The summed E-state index contributed by atoms with van der Waals surface area (Å²) in [5.74, 6) is 4.00. The van der Waals surface area contributed by atoms with Gasteiger partial charge in [0.25, 0.3) is 0 Å². The Kier molecular flexibility index (Phi) is 11.1. The van der Waals surface area contributed by atoms with E-state index >= 15 is 0 Å². The van der Waals surface area contributed by atoms with Crippen LogP contribution in [0.25, 0.3) is 12.2 Å². The monoisotopic (exact) mass is 520 g/mol. The second kappa shape index (κ2) is 14.5. The predicted octanol–water partition coefficient (Wildman–Crippen LogP) is 4.04. The van der Waals surface area contributed by atoms with Crippen LogP contribution in [0.15, 0.2) is 72.8 Å². The molecular formula is C28H28N2O8. The lowest BCUT2D eigenvalue weighted by Crippen LogP contribution is -2.11. The molecule has 0 aliphatic rings. The van der Waals surface area contributed by atoms with Gasteiger partial charge < -0.3 is 30.2 Å². The van der Waals surface area contributed by atoms with Crippen molar-refractivity contribution in [3.05, 3.63) is 89.5 Å². The normalized spacial score (nSPS) is 10.5. The zero-order chi connectivity index (χ0) is 28.1. The topological polar surface area (TPSA) is 168 Å². The summed E-state index contributed by atoms with van der Waals surface area (Å²) >= 11 is 0. The number of aromatic carboxylic acids is 1. The number of allylic oxidation sites excluding steroid dienone is 2. The lowest BCUT2D eigenvalue weighted by atomic mass is 10.1. The van der Waals surface area contributed by atoms with Crippen LogP contribution < -0.4 is 20.7 Å². The van der Waals surface area contributed by atoms with Crippen molar-refractivity contribution in [2.75, 3.05) is 19.6 Å². The van der Waals surface area contributed by atoms with Gasteiger partial charge in [0.2, 0.25) is 0 Å². The Balaban J connectivity index is 0.000000384. The van der Waals surface area contributed by atoms with Crippen LogP contribution in [-0.4, -0.2) is 47.1 Å². The highest BCUT2D eigenvalue weighted by molar-refractivity contribution is 6.10. The number of ether oxygens (including phenoxy) is 2. The maximum Gasteiger partial charge on any atom is 0.337 e. The molecule has 0 radical (unpaired) electrons. The van der Waals surface area contributed by atoms with Crippen LogP contribution in [0.5, 0.6) is 23.0 Å². The molecule has 0 saturated carbocycles. The van der Waals surface area contributed by atoms with Crippen molar-refractivity contribution in [1.82, 2.24) is 0 Å². The fourth-order valence-corrected chi connectivity index (χ4v) is 3.06. The summed E-state index contributed by atoms with van der Waals surface area (Å²) in [6, 6.07) is 15.8. The van der Waals surface area contributed by atoms with Gasteiger partial charge in [-0.1, -0.05) is 36.4 Å². The Morgan fingerprint density at radius 1 is 0.816 bits per heavy atom. The Morgan fingerprint density at radius 3 is 1.68 bits per heavy atom. The highest BCUT2D eigenvalue weighted by Gasteiger charge is 2.07.